The quantitative estimate of drug-likeness (QED) is 0.832. The molecule has 0 aliphatic rings. The number of benzene rings is 1. The molecule has 2 atom stereocenters. The zero-order valence-electron chi connectivity index (χ0n) is 10.8. The van der Waals surface area contributed by atoms with Gasteiger partial charge >= 0.3 is 0 Å². The molecule has 3 heteroatoms. The van der Waals surface area contributed by atoms with Crippen LogP contribution in [0.5, 0.6) is 0 Å². The molecule has 0 saturated carbocycles. The molecule has 0 bridgehead atoms. The third-order valence-corrected chi connectivity index (χ3v) is 3.51. The highest BCUT2D eigenvalue weighted by atomic mass is 79.9. The van der Waals surface area contributed by atoms with Gasteiger partial charge in [0.15, 0.2) is 0 Å². The lowest BCUT2D eigenvalue weighted by molar-refractivity contribution is 0.398. The lowest BCUT2D eigenvalue weighted by Crippen LogP contribution is -2.33. The van der Waals surface area contributed by atoms with Gasteiger partial charge in [-0.3, -0.25) is 0 Å². The second kappa shape index (κ2) is 7.12. The van der Waals surface area contributed by atoms with Crippen LogP contribution in [0.25, 0.3) is 0 Å². The maximum absolute atomic E-state index is 13.2. The van der Waals surface area contributed by atoms with Crippen molar-refractivity contribution in [1.29, 1.82) is 0 Å². The number of nitrogens with one attached hydrogen (secondary N) is 1. The van der Waals surface area contributed by atoms with Gasteiger partial charge in [0.2, 0.25) is 0 Å². The Bertz CT molecular complexity index is 334. The Hall–Kier alpha value is -0.410. The Morgan fingerprint density at radius 1 is 1.29 bits per heavy atom. The van der Waals surface area contributed by atoms with Gasteiger partial charge in [-0.05, 0) is 56.0 Å². The first-order valence-electron chi connectivity index (χ1n) is 6.21. The van der Waals surface area contributed by atoms with E-state index < -0.39 is 0 Å². The van der Waals surface area contributed by atoms with E-state index in [2.05, 4.69) is 42.0 Å². The highest BCUT2D eigenvalue weighted by molar-refractivity contribution is 9.10. The van der Waals surface area contributed by atoms with E-state index in [1.165, 1.54) is 6.07 Å². The second-order valence-electron chi connectivity index (χ2n) is 4.70. The molecule has 0 heterocycles. The third-order valence-electron chi connectivity index (χ3n) is 3.05. The van der Waals surface area contributed by atoms with E-state index in [1.807, 2.05) is 6.07 Å². The summed E-state index contributed by atoms with van der Waals surface area (Å²) in [5, 5.41) is 3.48. The van der Waals surface area contributed by atoms with E-state index >= 15 is 0 Å². The summed E-state index contributed by atoms with van der Waals surface area (Å²) in [6, 6.07) is 5.56. The summed E-state index contributed by atoms with van der Waals surface area (Å²) in [5.74, 6) is 0.325. The number of rotatable bonds is 6. The molecule has 1 rings (SSSR count). The Balaban J connectivity index is 2.57. The lowest BCUT2D eigenvalue weighted by Gasteiger charge is -2.21. The van der Waals surface area contributed by atoms with Gasteiger partial charge < -0.3 is 5.32 Å². The molecule has 96 valence electrons. The molecule has 0 spiro atoms. The van der Waals surface area contributed by atoms with Crippen molar-refractivity contribution in [3.05, 3.63) is 34.1 Å². The molecule has 0 radical (unpaired) electrons. The number of hydrogen-bond acceptors (Lipinski definition) is 1. The number of halogens is 2. The average molecular weight is 302 g/mol. The van der Waals surface area contributed by atoms with Crippen LogP contribution in [0, 0.1) is 11.7 Å². The van der Waals surface area contributed by atoms with E-state index in [9.17, 15) is 4.39 Å². The Morgan fingerprint density at radius 2 is 2.00 bits per heavy atom. The summed E-state index contributed by atoms with van der Waals surface area (Å²) in [6.07, 6.45) is 2.04. The average Bonchev–Trinajstić information content (AvgIpc) is 2.24. The zero-order valence-corrected chi connectivity index (χ0v) is 12.3. The normalized spacial score (nSPS) is 14.6. The monoisotopic (exact) mass is 301 g/mol. The van der Waals surface area contributed by atoms with E-state index in [4.69, 9.17) is 0 Å². The molecule has 1 aromatic rings. The van der Waals surface area contributed by atoms with Crippen LogP contribution < -0.4 is 5.32 Å². The van der Waals surface area contributed by atoms with Crippen LogP contribution in [0.15, 0.2) is 22.7 Å². The molecule has 1 N–H and O–H groups in total. The van der Waals surface area contributed by atoms with Crippen LogP contribution in [0.4, 0.5) is 4.39 Å². The Kier molecular flexibility index (Phi) is 6.14. The van der Waals surface area contributed by atoms with Crippen LogP contribution in [0.3, 0.4) is 0 Å². The van der Waals surface area contributed by atoms with Crippen LogP contribution >= 0.6 is 15.9 Å². The summed E-state index contributed by atoms with van der Waals surface area (Å²) in [5.41, 5.74) is 1.05. The van der Waals surface area contributed by atoms with Crippen molar-refractivity contribution >= 4 is 15.9 Å². The van der Waals surface area contributed by atoms with E-state index in [0.717, 1.165) is 29.4 Å². The fraction of sp³-hybridized carbons (Fsp3) is 0.571. The molecule has 1 aromatic carbocycles. The van der Waals surface area contributed by atoms with Crippen molar-refractivity contribution in [2.24, 2.45) is 5.92 Å². The van der Waals surface area contributed by atoms with Gasteiger partial charge in [-0.2, -0.15) is 0 Å². The minimum absolute atomic E-state index is 0.171. The standard InChI is InChI=1S/C14H21BrFN/c1-4-5-17-11(3)10(2)6-12-7-13(15)9-14(16)8-12/h7-11,17H,4-6H2,1-3H3. The van der Waals surface area contributed by atoms with Gasteiger partial charge in [-0.15, -0.1) is 0 Å². The molecule has 17 heavy (non-hydrogen) atoms. The largest absolute Gasteiger partial charge is 0.314 e. The topological polar surface area (TPSA) is 12.0 Å². The molecule has 0 amide bonds. The van der Waals surface area contributed by atoms with Crippen molar-refractivity contribution in [2.45, 2.75) is 39.7 Å². The van der Waals surface area contributed by atoms with Gasteiger partial charge in [0.1, 0.15) is 5.82 Å². The molecule has 2 unspecified atom stereocenters. The van der Waals surface area contributed by atoms with Crippen LogP contribution in [-0.4, -0.2) is 12.6 Å². The van der Waals surface area contributed by atoms with Crippen molar-refractivity contribution in [3.63, 3.8) is 0 Å². The van der Waals surface area contributed by atoms with E-state index in [-0.39, 0.29) is 5.82 Å². The van der Waals surface area contributed by atoms with Crippen molar-refractivity contribution in [1.82, 2.24) is 5.32 Å². The SMILES string of the molecule is CCCNC(C)C(C)Cc1cc(F)cc(Br)c1. The minimum Gasteiger partial charge on any atom is -0.314 e. The Morgan fingerprint density at radius 3 is 2.59 bits per heavy atom. The summed E-state index contributed by atoms with van der Waals surface area (Å²) < 4.78 is 14.1. The molecule has 0 aromatic heterocycles. The fourth-order valence-electron chi connectivity index (χ4n) is 1.85. The molecule has 1 nitrogen and oxygen atoms in total. The maximum atomic E-state index is 13.2. The third kappa shape index (κ3) is 5.17. The molecule has 0 fully saturated rings. The summed E-state index contributed by atoms with van der Waals surface area (Å²) in [4.78, 5) is 0. The summed E-state index contributed by atoms with van der Waals surface area (Å²) in [7, 11) is 0. The first-order chi connectivity index (χ1) is 8.02. The van der Waals surface area contributed by atoms with Crippen molar-refractivity contribution in [2.75, 3.05) is 6.54 Å². The second-order valence-corrected chi connectivity index (χ2v) is 5.62. The van der Waals surface area contributed by atoms with Gasteiger partial charge in [0.05, 0.1) is 0 Å². The molecule has 0 aliphatic heterocycles. The predicted octanol–water partition coefficient (Wildman–Crippen LogP) is 4.15. The molecule has 0 aliphatic carbocycles. The van der Waals surface area contributed by atoms with E-state index in [0.29, 0.717) is 12.0 Å². The predicted molar refractivity (Wildman–Crippen MR) is 74.7 cm³/mol. The lowest BCUT2D eigenvalue weighted by atomic mass is 9.95. The van der Waals surface area contributed by atoms with Crippen LogP contribution in [0.1, 0.15) is 32.8 Å². The van der Waals surface area contributed by atoms with Gasteiger partial charge in [-0.1, -0.05) is 29.8 Å². The zero-order chi connectivity index (χ0) is 12.8. The van der Waals surface area contributed by atoms with Gasteiger partial charge in [0, 0.05) is 10.5 Å². The maximum Gasteiger partial charge on any atom is 0.124 e. The van der Waals surface area contributed by atoms with E-state index in [1.54, 1.807) is 6.07 Å². The van der Waals surface area contributed by atoms with Gasteiger partial charge in [0.25, 0.3) is 0 Å². The summed E-state index contributed by atoms with van der Waals surface area (Å²) >= 11 is 3.33. The van der Waals surface area contributed by atoms with Crippen molar-refractivity contribution in [3.8, 4) is 0 Å². The molecular weight excluding hydrogens is 281 g/mol. The van der Waals surface area contributed by atoms with Gasteiger partial charge in [-0.25, -0.2) is 4.39 Å². The fourth-order valence-corrected chi connectivity index (χ4v) is 2.36. The minimum atomic E-state index is -0.171. The first-order valence-corrected chi connectivity index (χ1v) is 7.00. The van der Waals surface area contributed by atoms with Crippen LogP contribution in [-0.2, 0) is 6.42 Å². The number of hydrogen-bond donors (Lipinski definition) is 1. The van der Waals surface area contributed by atoms with Crippen LogP contribution in [0.2, 0.25) is 0 Å². The molecule has 0 saturated heterocycles. The first kappa shape index (κ1) is 14.7. The highest BCUT2D eigenvalue weighted by Crippen LogP contribution is 2.19. The summed E-state index contributed by atoms with van der Waals surface area (Å²) in [6.45, 7) is 7.59. The molecular formula is C14H21BrFN. The highest BCUT2D eigenvalue weighted by Gasteiger charge is 2.12. The smallest absolute Gasteiger partial charge is 0.124 e. The van der Waals surface area contributed by atoms with Crippen molar-refractivity contribution < 1.29 is 4.39 Å². The Labute approximate surface area is 112 Å².